The molecule has 0 saturated carbocycles. The fourth-order valence-electron chi connectivity index (χ4n) is 2.60. The third-order valence-electron chi connectivity index (χ3n) is 4.08. The van der Waals surface area contributed by atoms with Crippen LogP contribution in [-0.4, -0.2) is 26.9 Å². The molecule has 2 heterocycles. The number of pyridine rings is 1. The predicted molar refractivity (Wildman–Crippen MR) is 91.1 cm³/mol. The molecule has 0 spiro atoms. The van der Waals surface area contributed by atoms with E-state index in [9.17, 15) is 9.18 Å². The summed E-state index contributed by atoms with van der Waals surface area (Å²) in [6.45, 7) is 4.08. The number of aromatic nitrogens is 3. The Morgan fingerprint density at radius 1 is 1.21 bits per heavy atom. The van der Waals surface area contributed by atoms with Crippen molar-refractivity contribution in [2.75, 3.05) is 0 Å². The van der Waals surface area contributed by atoms with E-state index >= 15 is 0 Å². The number of H-pyrrole nitrogens is 1. The van der Waals surface area contributed by atoms with Gasteiger partial charge in [-0.15, -0.1) is 0 Å². The van der Waals surface area contributed by atoms with Crippen molar-refractivity contribution in [3.63, 3.8) is 0 Å². The number of nitrogens with zero attached hydrogens (tertiary/aromatic N) is 2. The maximum Gasteiger partial charge on any atom is 0.253 e. The van der Waals surface area contributed by atoms with Gasteiger partial charge in [0.05, 0.1) is 11.1 Å². The molecule has 1 aromatic carbocycles. The van der Waals surface area contributed by atoms with Gasteiger partial charge >= 0.3 is 0 Å². The molecule has 2 aromatic heterocycles. The van der Waals surface area contributed by atoms with Crippen molar-refractivity contribution in [2.24, 2.45) is 0 Å². The van der Waals surface area contributed by atoms with E-state index in [1.807, 2.05) is 13.8 Å². The van der Waals surface area contributed by atoms with Crippen molar-refractivity contribution >= 4 is 17.1 Å². The summed E-state index contributed by atoms with van der Waals surface area (Å²) >= 11 is 0. The summed E-state index contributed by atoms with van der Waals surface area (Å²) in [5.74, 6) is 0.101. The molecule has 0 aliphatic rings. The maximum absolute atomic E-state index is 13.1. The summed E-state index contributed by atoms with van der Waals surface area (Å²) in [7, 11) is 0. The maximum atomic E-state index is 13.1. The summed E-state index contributed by atoms with van der Waals surface area (Å²) in [6, 6.07) is 7.83. The first-order valence-electron chi connectivity index (χ1n) is 8.03. The van der Waals surface area contributed by atoms with Crippen LogP contribution in [0.2, 0.25) is 0 Å². The Morgan fingerprint density at radius 2 is 1.92 bits per heavy atom. The topological polar surface area (TPSA) is 70.7 Å². The molecule has 0 radical (unpaired) electrons. The van der Waals surface area contributed by atoms with E-state index < -0.39 is 0 Å². The Labute approximate surface area is 139 Å². The Kier molecular flexibility index (Phi) is 4.55. The lowest BCUT2D eigenvalue weighted by atomic mass is 10.1. The molecule has 3 aromatic rings. The molecule has 0 aliphatic carbocycles. The van der Waals surface area contributed by atoms with Crippen molar-refractivity contribution in [1.29, 1.82) is 0 Å². The minimum atomic E-state index is -0.307. The van der Waals surface area contributed by atoms with Crippen LogP contribution < -0.4 is 5.32 Å². The van der Waals surface area contributed by atoms with Crippen LogP contribution in [0.3, 0.4) is 0 Å². The molecule has 3 rings (SSSR count). The standard InChI is InChI=1S/C18H19FN4O/c1-3-13(4-2)21-18(24)14-9-10-20-17-15(14)22-16(23-17)11-5-7-12(19)8-6-11/h5-10,13H,3-4H2,1-2H3,(H,21,24)(H,20,22,23). The van der Waals surface area contributed by atoms with Crippen molar-refractivity contribution < 1.29 is 9.18 Å². The van der Waals surface area contributed by atoms with Gasteiger partial charge in [-0.25, -0.2) is 14.4 Å². The molecule has 124 valence electrons. The average molecular weight is 326 g/mol. The quantitative estimate of drug-likeness (QED) is 0.751. The number of benzene rings is 1. The lowest BCUT2D eigenvalue weighted by molar-refractivity contribution is 0.0936. The highest BCUT2D eigenvalue weighted by molar-refractivity contribution is 6.04. The lowest BCUT2D eigenvalue weighted by Crippen LogP contribution is -2.33. The first kappa shape index (κ1) is 16.1. The van der Waals surface area contributed by atoms with E-state index in [2.05, 4.69) is 20.3 Å². The molecule has 0 aliphatic heterocycles. The van der Waals surface area contributed by atoms with Crippen molar-refractivity contribution in [3.8, 4) is 11.4 Å². The van der Waals surface area contributed by atoms with Gasteiger partial charge in [0.1, 0.15) is 11.6 Å². The second-order valence-electron chi connectivity index (χ2n) is 5.64. The fourth-order valence-corrected chi connectivity index (χ4v) is 2.60. The van der Waals surface area contributed by atoms with Crippen LogP contribution in [0.15, 0.2) is 36.5 Å². The smallest absolute Gasteiger partial charge is 0.253 e. The minimum Gasteiger partial charge on any atom is -0.349 e. The van der Waals surface area contributed by atoms with Gasteiger partial charge in [-0.05, 0) is 43.2 Å². The normalized spacial score (nSPS) is 11.2. The number of imidazole rings is 1. The van der Waals surface area contributed by atoms with E-state index in [4.69, 9.17) is 0 Å². The van der Waals surface area contributed by atoms with Gasteiger partial charge in [0.25, 0.3) is 5.91 Å². The summed E-state index contributed by atoms with van der Waals surface area (Å²) in [5.41, 5.74) is 2.29. The lowest BCUT2D eigenvalue weighted by Gasteiger charge is -2.14. The molecule has 0 bridgehead atoms. The molecule has 1 amide bonds. The van der Waals surface area contributed by atoms with E-state index in [1.54, 1.807) is 24.4 Å². The van der Waals surface area contributed by atoms with Crippen LogP contribution in [-0.2, 0) is 0 Å². The number of aromatic amines is 1. The van der Waals surface area contributed by atoms with Gasteiger partial charge in [0.2, 0.25) is 0 Å². The number of hydrogen-bond acceptors (Lipinski definition) is 3. The van der Waals surface area contributed by atoms with E-state index in [-0.39, 0.29) is 17.8 Å². The van der Waals surface area contributed by atoms with Crippen LogP contribution in [0.25, 0.3) is 22.6 Å². The molecule has 0 atom stereocenters. The first-order chi connectivity index (χ1) is 11.6. The zero-order chi connectivity index (χ0) is 17.1. The molecule has 0 fully saturated rings. The molecule has 0 saturated heterocycles. The zero-order valence-electron chi connectivity index (χ0n) is 13.6. The fraction of sp³-hybridized carbons (Fsp3) is 0.278. The molecular weight excluding hydrogens is 307 g/mol. The van der Waals surface area contributed by atoms with Gasteiger partial charge in [0, 0.05) is 17.8 Å². The van der Waals surface area contributed by atoms with Crippen LogP contribution >= 0.6 is 0 Å². The number of nitrogens with one attached hydrogen (secondary N) is 2. The Bertz CT molecular complexity index is 853. The number of carbonyl (C=O) groups excluding carboxylic acids is 1. The summed E-state index contributed by atoms with van der Waals surface area (Å²) < 4.78 is 13.1. The van der Waals surface area contributed by atoms with Crippen LogP contribution in [0, 0.1) is 5.82 Å². The molecule has 5 nitrogen and oxygen atoms in total. The number of rotatable bonds is 5. The third-order valence-corrected chi connectivity index (χ3v) is 4.08. The molecule has 2 N–H and O–H groups in total. The highest BCUT2D eigenvalue weighted by Gasteiger charge is 2.17. The van der Waals surface area contributed by atoms with E-state index in [0.29, 0.717) is 22.6 Å². The van der Waals surface area contributed by atoms with Gasteiger partial charge in [0.15, 0.2) is 5.65 Å². The van der Waals surface area contributed by atoms with Crippen LogP contribution in [0.1, 0.15) is 37.0 Å². The second-order valence-corrected chi connectivity index (χ2v) is 5.64. The molecule has 24 heavy (non-hydrogen) atoms. The Hall–Kier alpha value is -2.76. The van der Waals surface area contributed by atoms with Gasteiger partial charge in [-0.3, -0.25) is 4.79 Å². The largest absolute Gasteiger partial charge is 0.349 e. The molecule has 6 heteroatoms. The van der Waals surface area contributed by atoms with Crippen LogP contribution in [0.5, 0.6) is 0 Å². The Balaban J connectivity index is 1.98. The third kappa shape index (κ3) is 3.13. The first-order valence-corrected chi connectivity index (χ1v) is 8.03. The second kappa shape index (κ2) is 6.78. The number of halogens is 1. The predicted octanol–water partition coefficient (Wildman–Crippen LogP) is 3.68. The number of amides is 1. The van der Waals surface area contributed by atoms with Crippen molar-refractivity contribution in [3.05, 3.63) is 47.9 Å². The highest BCUT2D eigenvalue weighted by atomic mass is 19.1. The van der Waals surface area contributed by atoms with Crippen LogP contribution in [0.4, 0.5) is 4.39 Å². The van der Waals surface area contributed by atoms with E-state index in [1.165, 1.54) is 12.1 Å². The van der Waals surface area contributed by atoms with Gasteiger partial charge in [-0.1, -0.05) is 13.8 Å². The van der Waals surface area contributed by atoms with E-state index in [0.717, 1.165) is 18.4 Å². The summed E-state index contributed by atoms with van der Waals surface area (Å²) in [5, 5.41) is 3.02. The highest BCUT2D eigenvalue weighted by Crippen LogP contribution is 2.22. The molecule has 0 unspecified atom stereocenters. The van der Waals surface area contributed by atoms with Gasteiger partial charge < -0.3 is 10.3 Å². The monoisotopic (exact) mass is 326 g/mol. The number of fused-ring (bicyclic) bond motifs is 1. The van der Waals surface area contributed by atoms with Crippen molar-refractivity contribution in [2.45, 2.75) is 32.7 Å². The Morgan fingerprint density at radius 3 is 2.58 bits per heavy atom. The average Bonchev–Trinajstić information content (AvgIpc) is 3.04. The number of carbonyl (C=O) groups is 1. The SMILES string of the molecule is CCC(CC)NC(=O)c1ccnc2nc(-c3ccc(F)cc3)[nH]c12. The number of hydrogen-bond donors (Lipinski definition) is 2. The zero-order valence-corrected chi connectivity index (χ0v) is 13.6. The van der Waals surface area contributed by atoms with Crippen molar-refractivity contribution in [1.82, 2.24) is 20.3 Å². The summed E-state index contributed by atoms with van der Waals surface area (Å²) in [4.78, 5) is 24.3. The van der Waals surface area contributed by atoms with Gasteiger partial charge in [-0.2, -0.15) is 0 Å². The minimum absolute atomic E-state index is 0.139. The molecular formula is C18H19FN4O. The summed E-state index contributed by atoms with van der Waals surface area (Å²) in [6.07, 6.45) is 3.32.